The van der Waals surface area contributed by atoms with E-state index in [4.69, 9.17) is 4.74 Å². The molecule has 1 N–H and O–H groups in total. The minimum atomic E-state index is 0.145. The molecule has 1 amide bonds. The number of carbonyl (C=O) groups is 1. The molecule has 0 saturated heterocycles. The van der Waals surface area contributed by atoms with E-state index in [0.717, 1.165) is 19.4 Å². The Bertz CT molecular complexity index is 176. The summed E-state index contributed by atoms with van der Waals surface area (Å²) in [6.07, 6.45) is 2.46. The summed E-state index contributed by atoms with van der Waals surface area (Å²) in [6, 6.07) is 0. The zero-order chi connectivity index (χ0) is 9.84. The highest BCUT2D eigenvalue weighted by Gasteiger charge is 2.35. The molecule has 1 fully saturated rings. The first kappa shape index (κ1) is 10.5. The van der Waals surface area contributed by atoms with Crippen LogP contribution in [0.25, 0.3) is 0 Å². The lowest BCUT2D eigenvalue weighted by molar-refractivity contribution is -0.129. The molecule has 0 radical (unpaired) electrons. The van der Waals surface area contributed by atoms with Gasteiger partial charge in [-0.15, -0.1) is 0 Å². The number of nitrogens with one attached hydrogen (secondary N) is 1. The smallest absolute Gasteiger partial charge is 0.223 e. The second-order valence-electron chi connectivity index (χ2n) is 3.77. The summed E-state index contributed by atoms with van der Waals surface area (Å²) in [6.45, 7) is 4.68. The molecule has 0 aromatic carbocycles. The van der Waals surface area contributed by atoms with E-state index in [-0.39, 0.29) is 11.8 Å². The van der Waals surface area contributed by atoms with Crippen molar-refractivity contribution >= 4 is 5.91 Å². The molecule has 3 nitrogen and oxygen atoms in total. The zero-order valence-electron chi connectivity index (χ0n) is 8.67. The minimum Gasteiger partial charge on any atom is -0.381 e. The number of hydrogen-bond acceptors (Lipinski definition) is 2. The maximum Gasteiger partial charge on any atom is 0.223 e. The summed E-state index contributed by atoms with van der Waals surface area (Å²) in [5.74, 6) is 0.852. The van der Waals surface area contributed by atoms with Crippen LogP contribution in [0.1, 0.15) is 26.7 Å². The number of amides is 1. The van der Waals surface area contributed by atoms with Gasteiger partial charge >= 0.3 is 0 Å². The number of carbonyl (C=O) groups excluding carboxylic acids is 1. The third kappa shape index (κ3) is 2.44. The molecule has 0 aromatic rings. The van der Waals surface area contributed by atoms with Crippen molar-refractivity contribution in [2.45, 2.75) is 32.8 Å². The first-order valence-corrected chi connectivity index (χ1v) is 4.99. The highest BCUT2D eigenvalue weighted by molar-refractivity contribution is 5.78. The molecule has 0 unspecified atom stereocenters. The molecule has 1 atom stereocenters. The predicted molar refractivity (Wildman–Crippen MR) is 51.4 cm³/mol. The van der Waals surface area contributed by atoms with Crippen molar-refractivity contribution in [1.29, 1.82) is 0 Å². The van der Waals surface area contributed by atoms with Crippen LogP contribution in [-0.2, 0) is 9.53 Å². The van der Waals surface area contributed by atoms with Crippen molar-refractivity contribution in [2.24, 2.45) is 11.8 Å². The molecule has 1 saturated carbocycles. The first-order chi connectivity index (χ1) is 6.19. The Hall–Kier alpha value is -0.570. The molecule has 0 spiro atoms. The zero-order valence-corrected chi connectivity index (χ0v) is 8.67. The topological polar surface area (TPSA) is 38.3 Å². The van der Waals surface area contributed by atoms with Crippen molar-refractivity contribution in [3.05, 3.63) is 0 Å². The summed E-state index contributed by atoms with van der Waals surface area (Å²) in [5, 5.41) is 2.85. The molecule has 0 bridgehead atoms. The van der Waals surface area contributed by atoms with Gasteiger partial charge in [0.25, 0.3) is 0 Å². The average Bonchev–Trinajstić information content (AvgIpc) is 2.02. The minimum absolute atomic E-state index is 0.145. The fourth-order valence-electron chi connectivity index (χ4n) is 1.76. The third-order valence-corrected chi connectivity index (χ3v) is 2.94. The van der Waals surface area contributed by atoms with Gasteiger partial charge in [0.2, 0.25) is 5.91 Å². The van der Waals surface area contributed by atoms with Gasteiger partial charge in [-0.2, -0.15) is 0 Å². The van der Waals surface area contributed by atoms with E-state index in [1.165, 1.54) is 0 Å². The lowest BCUT2D eigenvalue weighted by atomic mass is 9.74. The van der Waals surface area contributed by atoms with Gasteiger partial charge in [-0.1, -0.05) is 6.92 Å². The Kier molecular flexibility index (Phi) is 3.72. The molecule has 1 rings (SSSR count). The monoisotopic (exact) mass is 185 g/mol. The van der Waals surface area contributed by atoms with Gasteiger partial charge in [0.05, 0.1) is 6.10 Å². The molecule has 3 heteroatoms. The van der Waals surface area contributed by atoms with Gasteiger partial charge in [-0.05, 0) is 25.7 Å². The SMILES string of the molecule is CCNC(=O)[C@H](C)C1CC(OC)C1. The molecule has 0 aromatic heterocycles. The van der Waals surface area contributed by atoms with E-state index in [9.17, 15) is 4.79 Å². The summed E-state index contributed by atoms with van der Waals surface area (Å²) < 4.78 is 5.17. The van der Waals surface area contributed by atoms with Crippen LogP contribution in [0.3, 0.4) is 0 Å². The lowest BCUT2D eigenvalue weighted by Gasteiger charge is -2.37. The Morgan fingerprint density at radius 2 is 2.23 bits per heavy atom. The van der Waals surface area contributed by atoms with Gasteiger partial charge in [0.1, 0.15) is 0 Å². The van der Waals surface area contributed by atoms with Gasteiger partial charge in [0, 0.05) is 19.6 Å². The van der Waals surface area contributed by atoms with E-state index < -0.39 is 0 Å². The van der Waals surface area contributed by atoms with E-state index in [2.05, 4.69) is 5.32 Å². The quantitative estimate of drug-likeness (QED) is 0.714. The molecule has 1 aliphatic rings. The van der Waals surface area contributed by atoms with Crippen LogP contribution in [0.2, 0.25) is 0 Å². The van der Waals surface area contributed by atoms with Gasteiger partial charge < -0.3 is 10.1 Å². The highest BCUT2D eigenvalue weighted by atomic mass is 16.5. The van der Waals surface area contributed by atoms with Crippen molar-refractivity contribution < 1.29 is 9.53 Å². The lowest BCUT2D eigenvalue weighted by Crippen LogP contribution is -2.41. The van der Waals surface area contributed by atoms with Gasteiger partial charge in [-0.25, -0.2) is 0 Å². The van der Waals surface area contributed by atoms with Crippen molar-refractivity contribution in [1.82, 2.24) is 5.32 Å². The fourth-order valence-corrected chi connectivity index (χ4v) is 1.76. The Morgan fingerprint density at radius 1 is 1.62 bits per heavy atom. The van der Waals surface area contributed by atoms with Crippen LogP contribution in [0.5, 0.6) is 0 Å². The van der Waals surface area contributed by atoms with Crippen molar-refractivity contribution in [3.63, 3.8) is 0 Å². The Labute approximate surface area is 79.8 Å². The standard InChI is InChI=1S/C10H19NO2/c1-4-11-10(12)7(2)8-5-9(6-8)13-3/h7-9H,4-6H2,1-3H3,(H,11,12)/t7-,8?,9?/m1/s1. The summed E-state index contributed by atoms with van der Waals surface area (Å²) >= 11 is 0. The molecule has 0 heterocycles. The Morgan fingerprint density at radius 3 is 2.69 bits per heavy atom. The molecule has 13 heavy (non-hydrogen) atoms. The van der Waals surface area contributed by atoms with Crippen molar-refractivity contribution in [3.8, 4) is 0 Å². The highest BCUT2D eigenvalue weighted by Crippen LogP contribution is 2.35. The van der Waals surface area contributed by atoms with Gasteiger partial charge in [-0.3, -0.25) is 4.79 Å². The predicted octanol–water partition coefficient (Wildman–Crippen LogP) is 1.18. The van der Waals surface area contributed by atoms with Crippen LogP contribution in [0, 0.1) is 11.8 Å². The second-order valence-corrected chi connectivity index (χ2v) is 3.77. The second kappa shape index (κ2) is 4.61. The summed E-state index contributed by atoms with van der Waals surface area (Å²) in [4.78, 5) is 11.4. The van der Waals surface area contributed by atoms with Crippen LogP contribution < -0.4 is 5.32 Å². The first-order valence-electron chi connectivity index (χ1n) is 4.99. The van der Waals surface area contributed by atoms with Crippen LogP contribution in [-0.4, -0.2) is 25.7 Å². The van der Waals surface area contributed by atoms with E-state index in [1.807, 2.05) is 13.8 Å². The van der Waals surface area contributed by atoms with Crippen molar-refractivity contribution in [2.75, 3.05) is 13.7 Å². The van der Waals surface area contributed by atoms with E-state index in [1.54, 1.807) is 7.11 Å². The molecular formula is C10H19NO2. The number of rotatable bonds is 4. The number of hydrogen-bond donors (Lipinski definition) is 1. The molecule has 1 aliphatic carbocycles. The molecule has 0 aliphatic heterocycles. The normalized spacial score (nSPS) is 29.2. The maximum absolute atomic E-state index is 11.4. The maximum atomic E-state index is 11.4. The molecular weight excluding hydrogens is 166 g/mol. The number of ether oxygens (including phenoxy) is 1. The van der Waals surface area contributed by atoms with Crippen LogP contribution >= 0.6 is 0 Å². The van der Waals surface area contributed by atoms with Crippen LogP contribution in [0.4, 0.5) is 0 Å². The summed E-state index contributed by atoms with van der Waals surface area (Å²) in [5.41, 5.74) is 0. The van der Waals surface area contributed by atoms with E-state index >= 15 is 0 Å². The van der Waals surface area contributed by atoms with Gasteiger partial charge in [0.15, 0.2) is 0 Å². The largest absolute Gasteiger partial charge is 0.381 e. The van der Waals surface area contributed by atoms with E-state index in [0.29, 0.717) is 12.0 Å². The summed E-state index contributed by atoms with van der Waals surface area (Å²) in [7, 11) is 1.73. The van der Waals surface area contributed by atoms with Crippen LogP contribution in [0.15, 0.2) is 0 Å². The molecule has 76 valence electrons. The Balaban J connectivity index is 2.25. The third-order valence-electron chi connectivity index (χ3n) is 2.94. The average molecular weight is 185 g/mol. The fraction of sp³-hybridized carbons (Fsp3) is 0.900. The number of methoxy groups -OCH3 is 1.